The Labute approximate surface area is 115 Å². The van der Waals surface area contributed by atoms with E-state index in [1.54, 1.807) is 0 Å². The molecule has 0 aliphatic carbocycles. The number of hydrazine groups is 1. The predicted molar refractivity (Wildman–Crippen MR) is 79.9 cm³/mol. The standard InChI is InChI=1S/C15H25N3O/c1-3-13-8-10-14(11-9-13)18(2)12-6-4-5-7-15(19)17-16/h8-11H,3-7,12,16H2,1-2H3,(H,17,19). The molecule has 1 rings (SSSR count). The summed E-state index contributed by atoms with van der Waals surface area (Å²) in [5.41, 5.74) is 4.76. The molecule has 0 saturated heterocycles. The minimum atomic E-state index is -0.0801. The molecule has 106 valence electrons. The van der Waals surface area contributed by atoms with Gasteiger partial charge in [-0.25, -0.2) is 5.84 Å². The van der Waals surface area contributed by atoms with Crippen LogP contribution in [0.4, 0.5) is 5.69 Å². The van der Waals surface area contributed by atoms with Crippen LogP contribution in [0.5, 0.6) is 0 Å². The zero-order valence-corrected chi connectivity index (χ0v) is 12.0. The summed E-state index contributed by atoms with van der Waals surface area (Å²) in [6, 6.07) is 8.69. The number of benzene rings is 1. The van der Waals surface area contributed by atoms with E-state index < -0.39 is 0 Å². The van der Waals surface area contributed by atoms with Gasteiger partial charge in [-0.15, -0.1) is 0 Å². The van der Waals surface area contributed by atoms with Crippen LogP contribution in [0, 0.1) is 0 Å². The maximum atomic E-state index is 10.9. The zero-order valence-electron chi connectivity index (χ0n) is 12.0. The third-order valence-corrected chi connectivity index (χ3v) is 3.34. The molecule has 0 aromatic heterocycles. The van der Waals surface area contributed by atoms with Crippen LogP contribution in [-0.2, 0) is 11.2 Å². The van der Waals surface area contributed by atoms with Gasteiger partial charge in [-0.3, -0.25) is 10.2 Å². The fourth-order valence-electron chi connectivity index (χ4n) is 2.00. The van der Waals surface area contributed by atoms with Crippen molar-refractivity contribution in [1.82, 2.24) is 5.43 Å². The lowest BCUT2D eigenvalue weighted by Gasteiger charge is -2.19. The summed E-state index contributed by atoms with van der Waals surface area (Å²) in [7, 11) is 2.10. The van der Waals surface area contributed by atoms with Crippen LogP contribution >= 0.6 is 0 Å². The normalized spacial score (nSPS) is 10.3. The van der Waals surface area contributed by atoms with Crippen LogP contribution in [0.2, 0.25) is 0 Å². The number of hydrogen-bond acceptors (Lipinski definition) is 3. The first kappa shape index (κ1) is 15.5. The minimum Gasteiger partial charge on any atom is -0.375 e. The maximum absolute atomic E-state index is 10.9. The van der Waals surface area contributed by atoms with Crippen molar-refractivity contribution in [3.63, 3.8) is 0 Å². The van der Waals surface area contributed by atoms with Gasteiger partial charge in [0.15, 0.2) is 0 Å². The highest BCUT2D eigenvalue weighted by Crippen LogP contribution is 2.15. The van der Waals surface area contributed by atoms with Crippen molar-refractivity contribution in [2.75, 3.05) is 18.5 Å². The Morgan fingerprint density at radius 2 is 1.89 bits per heavy atom. The van der Waals surface area contributed by atoms with Crippen molar-refractivity contribution in [2.45, 2.75) is 39.0 Å². The predicted octanol–water partition coefficient (Wildman–Crippen LogP) is 2.24. The largest absolute Gasteiger partial charge is 0.375 e. The number of nitrogens with one attached hydrogen (secondary N) is 1. The molecular weight excluding hydrogens is 238 g/mol. The first-order valence-corrected chi connectivity index (χ1v) is 6.97. The molecule has 0 heterocycles. The molecular formula is C15H25N3O. The van der Waals surface area contributed by atoms with E-state index in [-0.39, 0.29) is 5.91 Å². The van der Waals surface area contributed by atoms with Gasteiger partial charge >= 0.3 is 0 Å². The lowest BCUT2D eigenvalue weighted by Crippen LogP contribution is -2.29. The number of nitrogens with two attached hydrogens (primary N) is 1. The molecule has 0 fully saturated rings. The van der Waals surface area contributed by atoms with E-state index in [1.807, 2.05) is 0 Å². The van der Waals surface area contributed by atoms with Gasteiger partial charge in [-0.1, -0.05) is 25.5 Å². The number of rotatable bonds is 8. The number of anilines is 1. The Kier molecular flexibility index (Phi) is 6.97. The molecule has 0 radical (unpaired) electrons. The molecule has 4 heteroatoms. The second-order valence-corrected chi connectivity index (χ2v) is 4.82. The van der Waals surface area contributed by atoms with E-state index in [4.69, 9.17) is 5.84 Å². The van der Waals surface area contributed by atoms with E-state index in [0.29, 0.717) is 6.42 Å². The SMILES string of the molecule is CCc1ccc(N(C)CCCCCC(=O)NN)cc1. The number of amides is 1. The molecule has 3 N–H and O–H groups in total. The van der Waals surface area contributed by atoms with Gasteiger partial charge in [0.05, 0.1) is 0 Å². The molecule has 4 nitrogen and oxygen atoms in total. The van der Waals surface area contributed by atoms with Gasteiger partial charge in [-0.05, 0) is 37.0 Å². The van der Waals surface area contributed by atoms with Gasteiger partial charge in [0.1, 0.15) is 0 Å². The molecule has 19 heavy (non-hydrogen) atoms. The average molecular weight is 263 g/mol. The molecule has 1 amide bonds. The van der Waals surface area contributed by atoms with Crippen LogP contribution in [0.1, 0.15) is 38.2 Å². The number of carbonyl (C=O) groups is 1. The highest BCUT2D eigenvalue weighted by molar-refractivity contribution is 5.75. The maximum Gasteiger partial charge on any atom is 0.233 e. The van der Waals surface area contributed by atoms with E-state index in [1.165, 1.54) is 11.3 Å². The highest BCUT2D eigenvalue weighted by atomic mass is 16.2. The Balaban J connectivity index is 2.23. The molecule has 1 aromatic rings. The van der Waals surface area contributed by atoms with Crippen molar-refractivity contribution in [3.8, 4) is 0 Å². The molecule has 0 aliphatic heterocycles. The summed E-state index contributed by atoms with van der Waals surface area (Å²) in [5.74, 6) is 4.95. The fraction of sp³-hybridized carbons (Fsp3) is 0.533. The molecule has 0 spiro atoms. The highest BCUT2D eigenvalue weighted by Gasteiger charge is 2.02. The van der Waals surface area contributed by atoms with Crippen molar-refractivity contribution in [3.05, 3.63) is 29.8 Å². The van der Waals surface area contributed by atoms with Crippen molar-refractivity contribution >= 4 is 11.6 Å². The smallest absolute Gasteiger partial charge is 0.233 e. The Hall–Kier alpha value is -1.55. The van der Waals surface area contributed by atoms with E-state index in [2.05, 4.69) is 48.6 Å². The van der Waals surface area contributed by atoms with E-state index >= 15 is 0 Å². The monoisotopic (exact) mass is 263 g/mol. The molecule has 0 unspecified atom stereocenters. The quantitative estimate of drug-likeness (QED) is 0.327. The number of nitrogens with zero attached hydrogens (tertiary/aromatic N) is 1. The molecule has 0 aliphatic rings. The number of aryl methyl sites for hydroxylation is 1. The zero-order chi connectivity index (χ0) is 14.1. The van der Waals surface area contributed by atoms with Crippen molar-refractivity contribution < 1.29 is 4.79 Å². The molecule has 0 bridgehead atoms. The minimum absolute atomic E-state index is 0.0801. The lowest BCUT2D eigenvalue weighted by atomic mass is 10.1. The van der Waals surface area contributed by atoms with Crippen molar-refractivity contribution in [1.29, 1.82) is 0 Å². The molecule has 1 aromatic carbocycles. The summed E-state index contributed by atoms with van der Waals surface area (Å²) >= 11 is 0. The number of unbranched alkanes of at least 4 members (excludes halogenated alkanes) is 2. The Bertz CT molecular complexity index is 375. The first-order valence-electron chi connectivity index (χ1n) is 6.97. The second kappa shape index (κ2) is 8.53. The third-order valence-electron chi connectivity index (χ3n) is 3.34. The lowest BCUT2D eigenvalue weighted by molar-refractivity contribution is -0.121. The van der Waals surface area contributed by atoms with E-state index in [9.17, 15) is 4.79 Å². The van der Waals surface area contributed by atoms with Crippen LogP contribution < -0.4 is 16.2 Å². The van der Waals surface area contributed by atoms with Gasteiger partial charge in [0, 0.05) is 25.7 Å². The van der Waals surface area contributed by atoms with Gasteiger partial charge in [0.25, 0.3) is 0 Å². The van der Waals surface area contributed by atoms with Crippen LogP contribution in [-0.4, -0.2) is 19.5 Å². The Morgan fingerprint density at radius 3 is 2.47 bits per heavy atom. The molecule has 0 saturated carbocycles. The van der Waals surface area contributed by atoms with Crippen LogP contribution in [0.25, 0.3) is 0 Å². The Morgan fingerprint density at radius 1 is 1.21 bits per heavy atom. The van der Waals surface area contributed by atoms with E-state index in [0.717, 1.165) is 32.2 Å². The fourth-order valence-corrected chi connectivity index (χ4v) is 2.00. The van der Waals surface area contributed by atoms with Gasteiger partial charge < -0.3 is 4.90 Å². The van der Waals surface area contributed by atoms with Gasteiger partial charge in [0.2, 0.25) is 5.91 Å². The first-order chi connectivity index (χ1) is 9.17. The summed E-state index contributed by atoms with van der Waals surface area (Å²) in [6.07, 6.45) is 4.62. The van der Waals surface area contributed by atoms with Gasteiger partial charge in [-0.2, -0.15) is 0 Å². The topological polar surface area (TPSA) is 58.4 Å². The number of hydrogen-bond donors (Lipinski definition) is 2. The second-order valence-electron chi connectivity index (χ2n) is 4.82. The summed E-state index contributed by atoms with van der Waals surface area (Å²) in [6.45, 7) is 3.17. The molecule has 0 atom stereocenters. The summed E-state index contributed by atoms with van der Waals surface area (Å²) in [4.78, 5) is 13.2. The summed E-state index contributed by atoms with van der Waals surface area (Å²) < 4.78 is 0. The average Bonchev–Trinajstić information content (AvgIpc) is 2.46. The van der Waals surface area contributed by atoms with Crippen molar-refractivity contribution in [2.24, 2.45) is 5.84 Å². The van der Waals surface area contributed by atoms with Crippen LogP contribution in [0.15, 0.2) is 24.3 Å². The van der Waals surface area contributed by atoms with Crippen LogP contribution in [0.3, 0.4) is 0 Å². The third kappa shape index (κ3) is 5.75. The summed E-state index contributed by atoms with van der Waals surface area (Å²) in [5, 5.41) is 0. The number of carbonyl (C=O) groups excluding carboxylic acids is 1.